The Morgan fingerprint density at radius 1 is 1.35 bits per heavy atom. The summed E-state index contributed by atoms with van der Waals surface area (Å²) < 4.78 is 6.65. The Balaban J connectivity index is 1.89. The highest BCUT2D eigenvalue weighted by Crippen LogP contribution is 2.20. The van der Waals surface area contributed by atoms with E-state index in [0.717, 1.165) is 36.9 Å². The van der Waals surface area contributed by atoms with Gasteiger partial charge >= 0.3 is 6.09 Å². The molecule has 0 aromatic heterocycles. The SMILES string of the molecule is CC(C)(C)OC(=O)N1CCCC[C@H]1CNCc1ccccc1Br. The molecule has 0 spiro atoms. The van der Waals surface area contributed by atoms with Crippen LogP contribution in [0.4, 0.5) is 4.79 Å². The van der Waals surface area contributed by atoms with E-state index in [1.54, 1.807) is 0 Å². The smallest absolute Gasteiger partial charge is 0.410 e. The van der Waals surface area contributed by atoms with Crippen molar-refractivity contribution < 1.29 is 9.53 Å². The Labute approximate surface area is 147 Å². The summed E-state index contributed by atoms with van der Waals surface area (Å²) in [6.45, 7) is 8.11. The molecule has 5 heteroatoms. The second kappa shape index (κ2) is 8.15. The molecule has 2 rings (SSSR count). The first-order valence-electron chi connectivity index (χ1n) is 8.30. The van der Waals surface area contributed by atoms with Crippen LogP contribution >= 0.6 is 15.9 Å². The third-order valence-electron chi connectivity index (χ3n) is 3.91. The minimum atomic E-state index is -0.443. The Morgan fingerprint density at radius 3 is 2.78 bits per heavy atom. The van der Waals surface area contributed by atoms with Crippen molar-refractivity contribution in [3.05, 3.63) is 34.3 Å². The number of nitrogens with one attached hydrogen (secondary N) is 1. The van der Waals surface area contributed by atoms with Crippen molar-refractivity contribution in [2.75, 3.05) is 13.1 Å². The van der Waals surface area contributed by atoms with Gasteiger partial charge in [0.1, 0.15) is 5.60 Å². The number of carbonyl (C=O) groups is 1. The predicted octanol–water partition coefficient (Wildman–Crippen LogP) is 4.33. The topological polar surface area (TPSA) is 41.6 Å². The quantitative estimate of drug-likeness (QED) is 0.842. The molecule has 1 amide bonds. The molecule has 4 nitrogen and oxygen atoms in total. The summed E-state index contributed by atoms with van der Waals surface area (Å²) in [4.78, 5) is 14.3. The van der Waals surface area contributed by atoms with Crippen molar-refractivity contribution in [3.8, 4) is 0 Å². The van der Waals surface area contributed by atoms with Crippen molar-refractivity contribution in [2.24, 2.45) is 0 Å². The Kier molecular flexibility index (Phi) is 6.48. The lowest BCUT2D eigenvalue weighted by molar-refractivity contribution is 0.00993. The summed E-state index contributed by atoms with van der Waals surface area (Å²) in [6.07, 6.45) is 3.06. The summed E-state index contributed by atoms with van der Waals surface area (Å²) in [7, 11) is 0. The van der Waals surface area contributed by atoms with Gasteiger partial charge in [0.15, 0.2) is 0 Å². The van der Waals surface area contributed by atoms with Gasteiger partial charge in [0.2, 0.25) is 0 Å². The van der Waals surface area contributed by atoms with Crippen LogP contribution in [0, 0.1) is 0 Å². The number of carbonyl (C=O) groups excluding carboxylic acids is 1. The second-order valence-electron chi connectivity index (χ2n) is 7.05. The predicted molar refractivity (Wildman–Crippen MR) is 96.4 cm³/mol. The van der Waals surface area contributed by atoms with E-state index in [1.807, 2.05) is 43.9 Å². The summed E-state index contributed by atoms with van der Waals surface area (Å²) in [5.74, 6) is 0. The number of halogens is 1. The summed E-state index contributed by atoms with van der Waals surface area (Å²) in [5.41, 5.74) is 0.786. The van der Waals surface area contributed by atoms with E-state index in [-0.39, 0.29) is 12.1 Å². The molecule has 1 atom stereocenters. The maximum Gasteiger partial charge on any atom is 0.410 e. The summed E-state index contributed by atoms with van der Waals surface area (Å²) in [5, 5.41) is 3.48. The molecule has 1 fully saturated rings. The number of rotatable bonds is 4. The van der Waals surface area contributed by atoms with Crippen LogP contribution in [0.1, 0.15) is 45.6 Å². The molecular formula is C18H27BrN2O2. The minimum Gasteiger partial charge on any atom is -0.444 e. The van der Waals surface area contributed by atoms with Gasteiger partial charge in [-0.15, -0.1) is 0 Å². The number of hydrogen-bond acceptors (Lipinski definition) is 3. The molecule has 1 saturated heterocycles. The van der Waals surface area contributed by atoms with Gasteiger partial charge in [-0.2, -0.15) is 0 Å². The molecule has 1 aromatic rings. The lowest BCUT2D eigenvalue weighted by Gasteiger charge is -2.37. The molecule has 0 radical (unpaired) electrons. The number of benzene rings is 1. The van der Waals surface area contributed by atoms with Gasteiger partial charge in [-0.1, -0.05) is 34.1 Å². The molecule has 0 saturated carbocycles. The van der Waals surface area contributed by atoms with Crippen LogP contribution in [0.2, 0.25) is 0 Å². The molecule has 1 N–H and O–H groups in total. The van der Waals surface area contributed by atoms with E-state index < -0.39 is 5.60 Å². The number of likely N-dealkylation sites (tertiary alicyclic amines) is 1. The average Bonchev–Trinajstić information content (AvgIpc) is 2.48. The molecule has 1 aromatic carbocycles. The Bertz CT molecular complexity index is 528. The molecule has 0 bridgehead atoms. The van der Waals surface area contributed by atoms with Gasteiger partial charge in [-0.25, -0.2) is 4.79 Å². The Morgan fingerprint density at radius 2 is 2.09 bits per heavy atom. The van der Waals surface area contributed by atoms with E-state index >= 15 is 0 Å². The number of hydrogen-bond donors (Lipinski definition) is 1. The second-order valence-corrected chi connectivity index (χ2v) is 7.90. The van der Waals surface area contributed by atoms with E-state index in [2.05, 4.69) is 27.3 Å². The molecule has 0 aliphatic carbocycles. The first-order valence-corrected chi connectivity index (χ1v) is 9.10. The van der Waals surface area contributed by atoms with Crippen LogP contribution < -0.4 is 5.32 Å². The first-order chi connectivity index (χ1) is 10.9. The minimum absolute atomic E-state index is 0.190. The number of piperidine rings is 1. The van der Waals surface area contributed by atoms with Gasteiger partial charge in [0, 0.05) is 30.1 Å². The zero-order valence-corrected chi connectivity index (χ0v) is 15.9. The van der Waals surface area contributed by atoms with Crippen LogP contribution in [-0.2, 0) is 11.3 Å². The average molecular weight is 383 g/mol. The van der Waals surface area contributed by atoms with Gasteiger partial charge in [0.05, 0.1) is 0 Å². The van der Waals surface area contributed by atoms with Crippen LogP contribution in [0.25, 0.3) is 0 Å². The highest BCUT2D eigenvalue weighted by Gasteiger charge is 2.30. The first kappa shape index (κ1) is 18.3. The van der Waals surface area contributed by atoms with Gasteiger partial charge < -0.3 is 15.0 Å². The summed E-state index contributed by atoms with van der Waals surface area (Å²) >= 11 is 3.57. The van der Waals surface area contributed by atoms with Crippen molar-refractivity contribution in [3.63, 3.8) is 0 Å². The fraction of sp³-hybridized carbons (Fsp3) is 0.611. The molecule has 128 valence electrons. The van der Waals surface area contributed by atoms with Crippen molar-refractivity contribution in [2.45, 2.75) is 58.2 Å². The molecule has 1 heterocycles. The van der Waals surface area contributed by atoms with Gasteiger partial charge in [-0.05, 0) is 51.7 Å². The monoisotopic (exact) mass is 382 g/mol. The van der Waals surface area contributed by atoms with Crippen molar-refractivity contribution >= 4 is 22.0 Å². The highest BCUT2D eigenvalue weighted by atomic mass is 79.9. The molecular weight excluding hydrogens is 356 g/mol. The number of amides is 1. The molecule has 1 aliphatic rings. The van der Waals surface area contributed by atoms with Gasteiger partial charge in [-0.3, -0.25) is 0 Å². The summed E-state index contributed by atoms with van der Waals surface area (Å²) in [6, 6.07) is 8.41. The third kappa shape index (κ3) is 5.81. The maximum atomic E-state index is 12.4. The lowest BCUT2D eigenvalue weighted by Crippen LogP contribution is -2.50. The van der Waals surface area contributed by atoms with E-state index in [4.69, 9.17) is 4.74 Å². The third-order valence-corrected chi connectivity index (χ3v) is 4.68. The zero-order chi connectivity index (χ0) is 16.9. The Hall–Kier alpha value is -1.07. The van der Waals surface area contributed by atoms with Gasteiger partial charge in [0.25, 0.3) is 0 Å². The van der Waals surface area contributed by atoms with Crippen molar-refractivity contribution in [1.29, 1.82) is 0 Å². The lowest BCUT2D eigenvalue weighted by atomic mass is 10.0. The maximum absolute atomic E-state index is 12.4. The zero-order valence-electron chi connectivity index (χ0n) is 14.3. The fourth-order valence-corrected chi connectivity index (χ4v) is 3.21. The van der Waals surface area contributed by atoms with Crippen LogP contribution in [-0.4, -0.2) is 35.7 Å². The fourth-order valence-electron chi connectivity index (χ4n) is 2.79. The van der Waals surface area contributed by atoms with Crippen LogP contribution in [0.3, 0.4) is 0 Å². The normalized spacial score (nSPS) is 18.8. The standard InChI is InChI=1S/C18H27BrN2O2/c1-18(2,3)23-17(22)21-11-7-6-9-15(21)13-20-12-14-8-4-5-10-16(14)19/h4-5,8,10,15,20H,6-7,9,11-13H2,1-3H3/t15-/m0/s1. The van der Waals surface area contributed by atoms with Crippen LogP contribution in [0.5, 0.6) is 0 Å². The number of ether oxygens (including phenoxy) is 1. The number of nitrogens with zero attached hydrogens (tertiary/aromatic N) is 1. The largest absolute Gasteiger partial charge is 0.444 e. The highest BCUT2D eigenvalue weighted by molar-refractivity contribution is 9.10. The van der Waals surface area contributed by atoms with E-state index in [0.29, 0.717) is 0 Å². The van der Waals surface area contributed by atoms with E-state index in [1.165, 1.54) is 12.0 Å². The van der Waals surface area contributed by atoms with E-state index in [9.17, 15) is 4.79 Å². The molecule has 23 heavy (non-hydrogen) atoms. The van der Waals surface area contributed by atoms with Crippen LogP contribution in [0.15, 0.2) is 28.7 Å². The van der Waals surface area contributed by atoms with Crippen molar-refractivity contribution in [1.82, 2.24) is 10.2 Å². The molecule has 0 unspecified atom stereocenters. The molecule has 1 aliphatic heterocycles.